The Morgan fingerprint density at radius 1 is 1.25 bits per heavy atom. The maximum absolute atomic E-state index is 12.2. The molecule has 1 N–H and O–H groups in total. The quantitative estimate of drug-likeness (QED) is 0.861. The van der Waals surface area contributed by atoms with Crippen molar-refractivity contribution < 1.29 is 9.59 Å². The van der Waals surface area contributed by atoms with Gasteiger partial charge in [-0.15, -0.1) is 0 Å². The van der Waals surface area contributed by atoms with Crippen LogP contribution >= 0.6 is 0 Å². The Kier molecular flexibility index (Phi) is 6.03. The van der Waals surface area contributed by atoms with E-state index in [2.05, 4.69) is 19.2 Å². The van der Waals surface area contributed by atoms with Crippen LogP contribution in [-0.2, 0) is 9.59 Å². The molecule has 1 saturated heterocycles. The number of likely N-dealkylation sites (tertiary alicyclic amines) is 1. The lowest BCUT2D eigenvalue weighted by Gasteiger charge is -2.35. The van der Waals surface area contributed by atoms with Crippen LogP contribution in [0.15, 0.2) is 0 Å². The van der Waals surface area contributed by atoms with Crippen LogP contribution in [0.4, 0.5) is 0 Å². The molecule has 0 aliphatic carbocycles. The fraction of sp³-hybridized carbons (Fsp3) is 0.875. The van der Waals surface area contributed by atoms with Crippen molar-refractivity contribution in [1.82, 2.24) is 10.2 Å². The number of piperidine rings is 1. The Bertz CT molecular complexity index is 339. The molecule has 1 fully saturated rings. The molecule has 1 aliphatic rings. The van der Waals surface area contributed by atoms with Gasteiger partial charge in [0, 0.05) is 30.5 Å². The monoisotopic (exact) mass is 282 g/mol. The number of rotatable bonds is 4. The van der Waals surface area contributed by atoms with Crippen molar-refractivity contribution in [2.45, 2.75) is 66.3 Å². The highest BCUT2D eigenvalue weighted by Crippen LogP contribution is 2.23. The molecule has 0 unspecified atom stereocenters. The predicted molar refractivity (Wildman–Crippen MR) is 81.3 cm³/mol. The van der Waals surface area contributed by atoms with Crippen LogP contribution in [0.5, 0.6) is 0 Å². The number of amides is 2. The minimum absolute atomic E-state index is 0.0679. The largest absolute Gasteiger partial charge is 0.353 e. The van der Waals surface area contributed by atoms with Crippen LogP contribution in [0.1, 0.15) is 60.3 Å². The second kappa shape index (κ2) is 7.09. The van der Waals surface area contributed by atoms with Gasteiger partial charge in [-0.2, -0.15) is 0 Å². The number of hydrogen-bond donors (Lipinski definition) is 1. The first-order valence-electron chi connectivity index (χ1n) is 7.85. The molecule has 0 aromatic carbocycles. The van der Waals surface area contributed by atoms with E-state index >= 15 is 0 Å². The van der Waals surface area contributed by atoms with E-state index in [0.717, 1.165) is 25.7 Å². The summed E-state index contributed by atoms with van der Waals surface area (Å²) in [4.78, 5) is 26.2. The van der Waals surface area contributed by atoms with Gasteiger partial charge in [0.15, 0.2) is 0 Å². The summed E-state index contributed by atoms with van der Waals surface area (Å²) in [7, 11) is 0. The lowest BCUT2D eigenvalue weighted by molar-refractivity contribution is -0.142. The molecule has 1 rings (SSSR count). The minimum atomic E-state index is -0.329. The van der Waals surface area contributed by atoms with E-state index in [1.54, 1.807) is 0 Å². The first kappa shape index (κ1) is 17.0. The molecule has 0 aromatic rings. The second-order valence-electron chi connectivity index (χ2n) is 7.01. The summed E-state index contributed by atoms with van der Waals surface area (Å²) in [5, 5.41) is 3.08. The van der Waals surface area contributed by atoms with E-state index in [0.29, 0.717) is 13.1 Å². The zero-order chi connectivity index (χ0) is 15.3. The normalized spacial score (nSPS) is 18.8. The SMILES string of the molecule is CCC[C@@H](C)NC(=O)C1CCN(C(=O)C(C)(C)C)CC1. The number of carbonyl (C=O) groups is 2. The van der Waals surface area contributed by atoms with E-state index in [1.807, 2.05) is 25.7 Å². The van der Waals surface area contributed by atoms with Gasteiger partial charge >= 0.3 is 0 Å². The maximum Gasteiger partial charge on any atom is 0.227 e. The van der Waals surface area contributed by atoms with Gasteiger partial charge in [-0.1, -0.05) is 34.1 Å². The van der Waals surface area contributed by atoms with Gasteiger partial charge in [0.25, 0.3) is 0 Å². The molecule has 2 amide bonds. The Morgan fingerprint density at radius 3 is 2.25 bits per heavy atom. The second-order valence-corrected chi connectivity index (χ2v) is 7.01. The van der Waals surface area contributed by atoms with Gasteiger partial charge in [0.2, 0.25) is 11.8 Å². The molecule has 20 heavy (non-hydrogen) atoms. The summed E-state index contributed by atoms with van der Waals surface area (Å²) >= 11 is 0. The van der Waals surface area contributed by atoms with Crippen LogP contribution < -0.4 is 5.32 Å². The third kappa shape index (κ3) is 4.80. The average Bonchev–Trinajstić information content (AvgIpc) is 2.37. The van der Waals surface area contributed by atoms with Gasteiger partial charge in [-0.25, -0.2) is 0 Å². The van der Waals surface area contributed by atoms with Crippen molar-refractivity contribution in [3.05, 3.63) is 0 Å². The average molecular weight is 282 g/mol. The first-order chi connectivity index (χ1) is 9.25. The highest BCUT2D eigenvalue weighted by Gasteiger charge is 2.32. The molecule has 4 heteroatoms. The van der Waals surface area contributed by atoms with Gasteiger partial charge in [-0.05, 0) is 26.2 Å². The molecule has 4 nitrogen and oxygen atoms in total. The van der Waals surface area contributed by atoms with Crippen LogP contribution in [0.3, 0.4) is 0 Å². The molecular formula is C16H30N2O2. The van der Waals surface area contributed by atoms with Crippen LogP contribution in [0.25, 0.3) is 0 Å². The van der Waals surface area contributed by atoms with Crippen molar-refractivity contribution >= 4 is 11.8 Å². The van der Waals surface area contributed by atoms with Crippen molar-refractivity contribution in [3.8, 4) is 0 Å². The van der Waals surface area contributed by atoms with Crippen LogP contribution in [0, 0.1) is 11.3 Å². The van der Waals surface area contributed by atoms with E-state index in [4.69, 9.17) is 0 Å². The van der Waals surface area contributed by atoms with E-state index in [1.165, 1.54) is 0 Å². The zero-order valence-corrected chi connectivity index (χ0v) is 13.7. The Balaban J connectivity index is 2.42. The number of hydrogen-bond acceptors (Lipinski definition) is 2. The lowest BCUT2D eigenvalue weighted by atomic mass is 9.90. The number of nitrogens with zero attached hydrogens (tertiary/aromatic N) is 1. The third-order valence-corrected chi connectivity index (χ3v) is 3.90. The third-order valence-electron chi connectivity index (χ3n) is 3.90. The molecule has 116 valence electrons. The van der Waals surface area contributed by atoms with Gasteiger partial charge < -0.3 is 10.2 Å². The molecule has 0 bridgehead atoms. The molecule has 0 saturated carbocycles. The topological polar surface area (TPSA) is 49.4 Å². The van der Waals surface area contributed by atoms with E-state index < -0.39 is 0 Å². The summed E-state index contributed by atoms with van der Waals surface area (Å²) in [5.41, 5.74) is -0.329. The highest BCUT2D eigenvalue weighted by atomic mass is 16.2. The van der Waals surface area contributed by atoms with E-state index in [-0.39, 0.29) is 29.2 Å². The standard InChI is InChI=1S/C16H30N2O2/c1-6-7-12(2)17-14(19)13-8-10-18(11-9-13)15(20)16(3,4)5/h12-13H,6-11H2,1-5H3,(H,17,19)/t12-/m1/s1. The molecule has 0 spiro atoms. The summed E-state index contributed by atoms with van der Waals surface area (Å²) in [6, 6.07) is 0.252. The number of carbonyl (C=O) groups excluding carboxylic acids is 2. The van der Waals surface area contributed by atoms with Crippen LogP contribution in [0.2, 0.25) is 0 Å². The molecule has 1 heterocycles. The molecule has 1 atom stereocenters. The number of nitrogens with one attached hydrogen (secondary N) is 1. The summed E-state index contributed by atoms with van der Waals surface area (Å²) in [6.45, 7) is 11.4. The highest BCUT2D eigenvalue weighted by molar-refractivity contribution is 5.82. The van der Waals surface area contributed by atoms with Crippen molar-refractivity contribution in [1.29, 1.82) is 0 Å². The summed E-state index contributed by atoms with van der Waals surface area (Å²) in [6.07, 6.45) is 3.67. The minimum Gasteiger partial charge on any atom is -0.353 e. The molecule has 0 radical (unpaired) electrons. The van der Waals surface area contributed by atoms with Crippen molar-refractivity contribution in [2.75, 3.05) is 13.1 Å². The zero-order valence-electron chi connectivity index (χ0n) is 13.7. The van der Waals surface area contributed by atoms with E-state index in [9.17, 15) is 9.59 Å². The van der Waals surface area contributed by atoms with Gasteiger partial charge in [-0.3, -0.25) is 9.59 Å². The van der Waals surface area contributed by atoms with Crippen molar-refractivity contribution in [3.63, 3.8) is 0 Å². The first-order valence-corrected chi connectivity index (χ1v) is 7.85. The van der Waals surface area contributed by atoms with Gasteiger partial charge in [0.05, 0.1) is 0 Å². The lowest BCUT2D eigenvalue weighted by Crippen LogP contribution is -2.47. The maximum atomic E-state index is 12.2. The Hall–Kier alpha value is -1.06. The predicted octanol–water partition coefficient (Wildman–Crippen LogP) is 2.58. The molecular weight excluding hydrogens is 252 g/mol. The Morgan fingerprint density at radius 2 is 1.80 bits per heavy atom. The fourth-order valence-electron chi connectivity index (χ4n) is 2.68. The Labute approximate surface area is 123 Å². The van der Waals surface area contributed by atoms with Crippen LogP contribution in [-0.4, -0.2) is 35.8 Å². The van der Waals surface area contributed by atoms with Crippen molar-refractivity contribution in [2.24, 2.45) is 11.3 Å². The smallest absolute Gasteiger partial charge is 0.227 e. The summed E-state index contributed by atoms with van der Waals surface area (Å²) in [5.74, 6) is 0.419. The molecule has 0 aromatic heterocycles. The fourth-order valence-corrected chi connectivity index (χ4v) is 2.68. The summed E-state index contributed by atoms with van der Waals surface area (Å²) < 4.78 is 0. The van der Waals surface area contributed by atoms with Gasteiger partial charge in [0.1, 0.15) is 0 Å². The molecule has 1 aliphatic heterocycles.